The van der Waals surface area contributed by atoms with Crippen molar-refractivity contribution in [3.8, 4) is 0 Å². The van der Waals surface area contributed by atoms with E-state index in [0.717, 1.165) is 11.8 Å². The van der Waals surface area contributed by atoms with E-state index in [1.54, 1.807) is 0 Å². The van der Waals surface area contributed by atoms with E-state index in [1.807, 2.05) is 0 Å². The lowest BCUT2D eigenvalue weighted by Crippen LogP contribution is -1.77. The van der Waals surface area contributed by atoms with Gasteiger partial charge in [0.15, 0.2) is 0 Å². The van der Waals surface area contributed by atoms with E-state index in [-0.39, 0.29) is 0 Å². The standard InChI is InChI=1S/2C5H12/c2*1-4-5(2)3/h2*5H,4H2,1-3H3. The third-order valence-electron chi connectivity index (χ3n) is 1.63. The Morgan fingerprint density at radius 1 is 0.700 bits per heavy atom. The third-order valence-corrected chi connectivity index (χ3v) is 1.63. The van der Waals surface area contributed by atoms with E-state index in [1.165, 1.54) is 12.8 Å². The molecule has 0 saturated carbocycles. The molecular weight excluding hydrogens is 120 g/mol. The molecule has 0 nitrogen and oxygen atoms in total. The van der Waals surface area contributed by atoms with Crippen molar-refractivity contribution in [2.75, 3.05) is 0 Å². The van der Waals surface area contributed by atoms with Crippen molar-refractivity contribution in [1.29, 1.82) is 0 Å². The average molecular weight is 144 g/mol. The largest absolute Gasteiger partial charge is 0.0651 e. The smallest absolute Gasteiger partial charge is 0.0474 e. The van der Waals surface area contributed by atoms with Gasteiger partial charge in [-0.25, -0.2) is 0 Å². The Hall–Kier alpha value is 0. The molecule has 0 unspecified atom stereocenters. The zero-order valence-corrected chi connectivity index (χ0v) is 8.57. The van der Waals surface area contributed by atoms with Crippen LogP contribution in [0.1, 0.15) is 54.4 Å². The van der Waals surface area contributed by atoms with Crippen LogP contribution in [-0.2, 0) is 0 Å². The van der Waals surface area contributed by atoms with Gasteiger partial charge in [0.1, 0.15) is 0 Å². The van der Waals surface area contributed by atoms with Crippen LogP contribution in [0.2, 0.25) is 0 Å². The highest BCUT2D eigenvalue weighted by atomic mass is 13.9. The Morgan fingerprint density at radius 2 is 0.800 bits per heavy atom. The molecule has 0 bridgehead atoms. The summed E-state index contributed by atoms with van der Waals surface area (Å²) in [5, 5.41) is 0. The van der Waals surface area contributed by atoms with Gasteiger partial charge in [0.2, 0.25) is 0 Å². The molecule has 0 atom stereocenters. The Morgan fingerprint density at radius 3 is 0.800 bits per heavy atom. The quantitative estimate of drug-likeness (QED) is 0.547. The summed E-state index contributed by atoms with van der Waals surface area (Å²) in [5.41, 5.74) is 0. The number of hydrogen-bond donors (Lipinski definition) is 0. The fraction of sp³-hybridized carbons (Fsp3) is 1.00. The zero-order chi connectivity index (χ0) is 8.57. The maximum Gasteiger partial charge on any atom is -0.0474 e. The summed E-state index contributed by atoms with van der Waals surface area (Å²) in [6, 6.07) is 0. The molecule has 0 aromatic carbocycles. The Kier molecular flexibility index (Phi) is 11.4. The van der Waals surface area contributed by atoms with Crippen LogP contribution < -0.4 is 0 Å². The van der Waals surface area contributed by atoms with E-state index >= 15 is 0 Å². The molecule has 0 saturated heterocycles. The molecule has 0 spiro atoms. The van der Waals surface area contributed by atoms with Crippen molar-refractivity contribution in [3.05, 3.63) is 0 Å². The van der Waals surface area contributed by atoms with E-state index in [2.05, 4.69) is 41.5 Å². The van der Waals surface area contributed by atoms with Crippen molar-refractivity contribution in [1.82, 2.24) is 0 Å². The minimum atomic E-state index is 0.884. The van der Waals surface area contributed by atoms with Crippen LogP contribution in [-0.4, -0.2) is 0 Å². The van der Waals surface area contributed by atoms with Crippen LogP contribution in [0.3, 0.4) is 0 Å². The third kappa shape index (κ3) is 24.5. The number of hydrogen-bond acceptors (Lipinski definition) is 0. The summed E-state index contributed by atoms with van der Waals surface area (Å²) >= 11 is 0. The second kappa shape index (κ2) is 9.00. The van der Waals surface area contributed by atoms with Crippen molar-refractivity contribution >= 4 is 0 Å². The van der Waals surface area contributed by atoms with Gasteiger partial charge < -0.3 is 0 Å². The Balaban J connectivity index is 0. The molecule has 0 aromatic heterocycles. The van der Waals surface area contributed by atoms with E-state index in [0.29, 0.717) is 0 Å². The fourth-order valence-electron chi connectivity index (χ4n) is 0. The molecular formula is C10H24. The lowest BCUT2D eigenvalue weighted by atomic mass is 10.2. The molecule has 0 aliphatic carbocycles. The molecule has 0 aliphatic rings. The van der Waals surface area contributed by atoms with E-state index in [4.69, 9.17) is 0 Å². The van der Waals surface area contributed by atoms with E-state index < -0.39 is 0 Å². The molecule has 0 fully saturated rings. The minimum absolute atomic E-state index is 0.884. The van der Waals surface area contributed by atoms with Gasteiger partial charge in [-0.3, -0.25) is 0 Å². The molecule has 0 heterocycles. The van der Waals surface area contributed by atoms with Gasteiger partial charge in [-0.05, 0) is 11.8 Å². The molecule has 0 amide bonds. The van der Waals surface area contributed by atoms with Crippen LogP contribution in [0, 0.1) is 11.8 Å². The maximum atomic E-state index is 2.22. The van der Waals surface area contributed by atoms with Crippen LogP contribution in [0.25, 0.3) is 0 Å². The highest BCUT2D eigenvalue weighted by Gasteiger charge is 1.80. The summed E-state index contributed by atoms with van der Waals surface area (Å²) in [6.45, 7) is 13.3. The second-order valence-electron chi connectivity index (χ2n) is 3.60. The molecule has 0 N–H and O–H groups in total. The lowest BCUT2D eigenvalue weighted by Gasteiger charge is -1.90. The maximum absolute atomic E-state index is 2.22. The molecule has 0 radical (unpaired) electrons. The topological polar surface area (TPSA) is 0 Å². The van der Waals surface area contributed by atoms with Crippen LogP contribution >= 0.6 is 0 Å². The zero-order valence-electron chi connectivity index (χ0n) is 8.57. The van der Waals surface area contributed by atoms with Crippen molar-refractivity contribution in [2.24, 2.45) is 11.8 Å². The highest BCUT2D eigenvalue weighted by molar-refractivity contribution is 4.33. The SMILES string of the molecule is CCC(C)C.CCC(C)C. The van der Waals surface area contributed by atoms with Gasteiger partial charge in [0, 0.05) is 0 Å². The molecule has 0 heteroatoms. The van der Waals surface area contributed by atoms with Gasteiger partial charge in [0.05, 0.1) is 0 Å². The summed E-state index contributed by atoms with van der Waals surface area (Å²) in [4.78, 5) is 0. The van der Waals surface area contributed by atoms with E-state index in [9.17, 15) is 0 Å². The number of rotatable bonds is 2. The van der Waals surface area contributed by atoms with Gasteiger partial charge in [-0.1, -0.05) is 54.4 Å². The summed E-state index contributed by atoms with van der Waals surface area (Å²) in [7, 11) is 0. The molecule has 0 aliphatic heterocycles. The Labute approximate surface area is 67.0 Å². The predicted octanol–water partition coefficient (Wildman–Crippen LogP) is 4.10. The highest BCUT2D eigenvalue weighted by Crippen LogP contribution is 1.94. The lowest BCUT2D eigenvalue weighted by molar-refractivity contribution is 0.626. The Bertz CT molecular complexity index is 36.0. The molecule has 0 rings (SSSR count). The normalized spacial score (nSPS) is 9.60. The van der Waals surface area contributed by atoms with Gasteiger partial charge >= 0.3 is 0 Å². The second-order valence-corrected chi connectivity index (χ2v) is 3.60. The van der Waals surface area contributed by atoms with Crippen LogP contribution in [0.15, 0.2) is 0 Å². The van der Waals surface area contributed by atoms with Gasteiger partial charge in [-0.2, -0.15) is 0 Å². The van der Waals surface area contributed by atoms with Crippen LogP contribution in [0.4, 0.5) is 0 Å². The first-order valence-corrected chi connectivity index (χ1v) is 4.54. The van der Waals surface area contributed by atoms with Crippen molar-refractivity contribution < 1.29 is 0 Å². The summed E-state index contributed by atoms with van der Waals surface area (Å²) < 4.78 is 0. The summed E-state index contributed by atoms with van der Waals surface area (Å²) in [6.07, 6.45) is 2.61. The first kappa shape index (κ1) is 12.7. The van der Waals surface area contributed by atoms with Crippen molar-refractivity contribution in [2.45, 2.75) is 54.4 Å². The van der Waals surface area contributed by atoms with Gasteiger partial charge in [-0.15, -0.1) is 0 Å². The van der Waals surface area contributed by atoms with Crippen molar-refractivity contribution in [3.63, 3.8) is 0 Å². The molecule has 10 heavy (non-hydrogen) atoms. The average Bonchev–Trinajstić information content (AvgIpc) is 1.89. The van der Waals surface area contributed by atoms with Crippen LogP contribution in [0.5, 0.6) is 0 Å². The first-order chi connectivity index (χ1) is 4.54. The monoisotopic (exact) mass is 144 g/mol. The predicted molar refractivity (Wildman–Crippen MR) is 50.3 cm³/mol. The minimum Gasteiger partial charge on any atom is -0.0651 e. The van der Waals surface area contributed by atoms with Gasteiger partial charge in [0.25, 0.3) is 0 Å². The molecule has 0 aromatic rings. The summed E-state index contributed by atoms with van der Waals surface area (Å²) in [5.74, 6) is 1.77. The fourth-order valence-corrected chi connectivity index (χ4v) is 0. The first-order valence-electron chi connectivity index (χ1n) is 4.54. The molecule has 64 valence electrons.